The van der Waals surface area contributed by atoms with E-state index in [9.17, 15) is 9.59 Å². The number of carbonyl (C=O) groups is 2. The van der Waals surface area contributed by atoms with Gasteiger partial charge in [-0.25, -0.2) is 4.79 Å². The summed E-state index contributed by atoms with van der Waals surface area (Å²) in [5, 5.41) is 0. The molecule has 1 aliphatic heterocycles. The van der Waals surface area contributed by atoms with E-state index in [0.29, 0.717) is 17.9 Å². The van der Waals surface area contributed by atoms with Gasteiger partial charge in [-0.3, -0.25) is 4.79 Å². The molecule has 2 atom stereocenters. The summed E-state index contributed by atoms with van der Waals surface area (Å²) in [6, 6.07) is 6.06. The second-order valence-electron chi connectivity index (χ2n) is 5.27. The Morgan fingerprint density at radius 1 is 1.32 bits per heavy atom. The molecule has 0 bridgehead atoms. The van der Waals surface area contributed by atoms with Gasteiger partial charge in [-0.1, -0.05) is 0 Å². The molecule has 1 fully saturated rings. The molecule has 120 valence electrons. The molecule has 1 heterocycles. The van der Waals surface area contributed by atoms with E-state index in [1.807, 2.05) is 0 Å². The Morgan fingerprint density at radius 2 is 2.05 bits per heavy atom. The molecule has 1 aromatic carbocycles. The lowest BCUT2D eigenvalue weighted by Crippen LogP contribution is -2.31. The Labute approximate surface area is 129 Å². The van der Waals surface area contributed by atoms with Gasteiger partial charge in [0, 0.05) is 12.2 Å². The SMILES string of the molecule is CC(OCC1CCCCO1)C(=O)Oc1ccc(C(N)=O)cc1. The molecule has 2 rings (SSSR count). The van der Waals surface area contributed by atoms with Crippen molar-refractivity contribution >= 4 is 11.9 Å². The molecule has 2 unspecified atom stereocenters. The van der Waals surface area contributed by atoms with Gasteiger partial charge in [-0.05, 0) is 50.5 Å². The van der Waals surface area contributed by atoms with Crippen LogP contribution in [0.1, 0.15) is 36.5 Å². The van der Waals surface area contributed by atoms with Crippen LogP contribution >= 0.6 is 0 Å². The summed E-state index contributed by atoms with van der Waals surface area (Å²) in [5.41, 5.74) is 5.50. The van der Waals surface area contributed by atoms with Crippen molar-refractivity contribution in [3.63, 3.8) is 0 Å². The van der Waals surface area contributed by atoms with Gasteiger partial charge < -0.3 is 19.9 Å². The summed E-state index contributed by atoms with van der Waals surface area (Å²) in [4.78, 5) is 22.9. The van der Waals surface area contributed by atoms with Crippen molar-refractivity contribution in [3.8, 4) is 5.75 Å². The lowest BCUT2D eigenvalue weighted by atomic mass is 10.1. The largest absolute Gasteiger partial charge is 0.425 e. The maximum Gasteiger partial charge on any atom is 0.340 e. The molecule has 0 aromatic heterocycles. The minimum Gasteiger partial charge on any atom is -0.425 e. The van der Waals surface area contributed by atoms with Crippen LogP contribution in [0.2, 0.25) is 0 Å². The van der Waals surface area contributed by atoms with Gasteiger partial charge in [0.15, 0.2) is 6.10 Å². The summed E-state index contributed by atoms with van der Waals surface area (Å²) in [6.07, 6.45) is 2.53. The third-order valence-corrected chi connectivity index (χ3v) is 3.50. The summed E-state index contributed by atoms with van der Waals surface area (Å²) in [5.74, 6) is -0.663. The van der Waals surface area contributed by atoms with Crippen molar-refractivity contribution in [2.24, 2.45) is 5.73 Å². The minimum absolute atomic E-state index is 0.0545. The Kier molecular flexibility index (Phi) is 5.91. The van der Waals surface area contributed by atoms with Crippen LogP contribution in [0.15, 0.2) is 24.3 Å². The lowest BCUT2D eigenvalue weighted by molar-refractivity contribution is -0.149. The molecular formula is C16H21NO5. The maximum absolute atomic E-state index is 11.9. The third kappa shape index (κ3) is 4.82. The van der Waals surface area contributed by atoms with E-state index in [-0.39, 0.29) is 6.10 Å². The number of amides is 1. The minimum atomic E-state index is -0.679. The predicted molar refractivity (Wildman–Crippen MR) is 79.6 cm³/mol. The molecule has 0 saturated carbocycles. The molecular weight excluding hydrogens is 286 g/mol. The van der Waals surface area contributed by atoms with Crippen LogP contribution in [0, 0.1) is 0 Å². The smallest absolute Gasteiger partial charge is 0.340 e. The number of hydrogen-bond acceptors (Lipinski definition) is 5. The van der Waals surface area contributed by atoms with E-state index in [2.05, 4.69) is 0 Å². The van der Waals surface area contributed by atoms with Gasteiger partial charge in [0.25, 0.3) is 0 Å². The van der Waals surface area contributed by atoms with Crippen molar-refractivity contribution < 1.29 is 23.8 Å². The Morgan fingerprint density at radius 3 is 2.64 bits per heavy atom. The van der Waals surface area contributed by atoms with Crippen molar-refractivity contribution in [1.29, 1.82) is 0 Å². The number of benzene rings is 1. The fourth-order valence-electron chi connectivity index (χ4n) is 2.14. The van der Waals surface area contributed by atoms with Crippen molar-refractivity contribution in [1.82, 2.24) is 0 Å². The molecule has 1 saturated heterocycles. The Balaban J connectivity index is 1.78. The number of nitrogens with two attached hydrogens (primary N) is 1. The first-order valence-corrected chi connectivity index (χ1v) is 7.41. The Hall–Kier alpha value is -1.92. The van der Waals surface area contributed by atoms with Gasteiger partial charge in [0.1, 0.15) is 5.75 Å². The Bertz CT molecular complexity index is 508. The maximum atomic E-state index is 11.9. The molecule has 22 heavy (non-hydrogen) atoms. The molecule has 0 radical (unpaired) electrons. The third-order valence-electron chi connectivity index (χ3n) is 3.50. The molecule has 6 heteroatoms. The van der Waals surface area contributed by atoms with Crippen molar-refractivity contribution in [2.45, 2.75) is 38.4 Å². The summed E-state index contributed by atoms with van der Waals surface area (Å²) < 4.78 is 16.2. The number of hydrogen-bond donors (Lipinski definition) is 1. The molecule has 6 nitrogen and oxygen atoms in total. The number of ether oxygens (including phenoxy) is 3. The summed E-state index contributed by atoms with van der Waals surface area (Å²) in [6.45, 7) is 2.78. The second kappa shape index (κ2) is 7.91. The fraction of sp³-hybridized carbons (Fsp3) is 0.500. The van der Waals surface area contributed by atoms with Crippen LogP contribution in [0.4, 0.5) is 0 Å². The summed E-state index contributed by atoms with van der Waals surface area (Å²) >= 11 is 0. The second-order valence-corrected chi connectivity index (χ2v) is 5.27. The topological polar surface area (TPSA) is 87.8 Å². The highest BCUT2D eigenvalue weighted by atomic mass is 16.6. The zero-order chi connectivity index (χ0) is 15.9. The molecule has 2 N–H and O–H groups in total. The quantitative estimate of drug-likeness (QED) is 0.638. The first-order valence-electron chi connectivity index (χ1n) is 7.41. The van der Waals surface area contributed by atoms with E-state index in [4.69, 9.17) is 19.9 Å². The van der Waals surface area contributed by atoms with Gasteiger partial charge >= 0.3 is 5.97 Å². The van der Waals surface area contributed by atoms with Crippen LogP contribution in [-0.4, -0.2) is 37.3 Å². The van der Waals surface area contributed by atoms with Gasteiger partial charge in [0.05, 0.1) is 12.7 Å². The monoisotopic (exact) mass is 307 g/mol. The number of rotatable bonds is 6. The highest BCUT2D eigenvalue weighted by Gasteiger charge is 2.20. The van der Waals surface area contributed by atoms with Gasteiger partial charge in [0.2, 0.25) is 5.91 Å². The molecule has 1 amide bonds. The van der Waals surface area contributed by atoms with E-state index in [1.54, 1.807) is 6.92 Å². The zero-order valence-corrected chi connectivity index (χ0v) is 12.6. The standard InChI is InChI=1S/C16H21NO5/c1-11(21-10-14-4-2-3-9-20-14)16(19)22-13-7-5-12(6-8-13)15(17)18/h5-8,11,14H,2-4,9-10H2,1H3,(H2,17,18). The highest BCUT2D eigenvalue weighted by molar-refractivity contribution is 5.92. The normalized spacial score (nSPS) is 19.4. The van der Waals surface area contributed by atoms with Crippen molar-refractivity contribution in [2.75, 3.05) is 13.2 Å². The molecule has 0 spiro atoms. The van der Waals surface area contributed by atoms with Crippen LogP contribution in [0.25, 0.3) is 0 Å². The molecule has 0 aliphatic carbocycles. The zero-order valence-electron chi connectivity index (χ0n) is 12.6. The van der Waals surface area contributed by atoms with E-state index in [0.717, 1.165) is 25.9 Å². The van der Waals surface area contributed by atoms with Crippen molar-refractivity contribution in [3.05, 3.63) is 29.8 Å². The van der Waals surface area contributed by atoms with Crippen LogP contribution in [0.3, 0.4) is 0 Å². The van der Waals surface area contributed by atoms with E-state index < -0.39 is 18.0 Å². The lowest BCUT2D eigenvalue weighted by Gasteiger charge is -2.23. The number of primary amides is 1. The highest BCUT2D eigenvalue weighted by Crippen LogP contribution is 2.15. The van der Waals surface area contributed by atoms with E-state index >= 15 is 0 Å². The fourth-order valence-corrected chi connectivity index (χ4v) is 2.14. The van der Waals surface area contributed by atoms with E-state index in [1.165, 1.54) is 24.3 Å². The predicted octanol–water partition coefficient (Wildman–Crippen LogP) is 1.67. The average molecular weight is 307 g/mol. The first kappa shape index (κ1) is 16.5. The van der Waals surface area contributed by atoms with Crippen LogP contribution in [-0.2, 0) is 14.3 Å². The van der Waals surface area contributed by atoms with Gasteiger partial charge in [-0.2, -0.15) is 0 Å². The average Bonchev–Trinajstić information content (AvgIpc) is 2.54. The van der Waals surface area contributed by atoms with Crippen LogP contribution in [0.5, 0.6) is 5.75 Å². The van der Waals surface area contributed by atoms with Gasteiger partial charge in [-0.15, -0.1) is 0 Å². The number of esters is 1. The number of carbonyl (C=O) groups excluding carboxylic acids is 2. The first-order chi connectivity index (χ1) is 10.6. The molecule has 1 aromatic rings. The summed E-state index contributed by atoms with van der Waals surface area (Å²) in [7, 11) is 0. The molecule has 1 aliphatic rings. The van der Waals surface area contributed by atoms with Crippen LogP contribution < -0.4 is 10.5 Å².